The maximum absolute atomic E-state index is 13.4. The van der Waals surface area contributed by atoms with Crippen LogP contribution in [-0.4, -0.2) is 18.5 Å². The topological polar surface area (TPSA) is 50.4 Å². The van der Waals surface area contributed by atoms with Gasteiger partial charge in [-0.25, -0.2) is 0 Å². The average Bonchev–Trinajstić information content (AvgIpc) is 3.37. The summed E-state index contributed by atoms with van der Waals surface area (Å²) in [7, 11) is 0. The van der Waals surface area contributed by atoms with Crippen LogP contribution in [0.15, 0.2) is 72.8 Å². The van der Waals surface area contributed by atoms with Gasteiger partial charge in [0.1, 0.15) is 12.4 Å². The summed E-state index contributed by atoms with van der Waals surface area (Å²) in [6.45, 7) is 1.36. The van der Waals surface area contributed by atoms with Gasteiger partial charge in [-0.05, 0) is 60.3 Å². The summed E-state index contributed by atoms with van der Waals surface area (Å²) in [5.41, 5.74) is 1.92. The Kier molecular flexibility index (Phi) is 6.99. The van der Waals surface area contributed by atoms with Crippen molar-refractivity contribution in [2.75, 3.05) is 6.54 Å². The summed E-state index contributed by atoms with van der Waals surface area (Å²) < 4.78 is 46.1. The number of ether oxygens (including phenoxy) is 1. The molecule has 0 spiro atoms. The number of hydrogen-bond donors (Lipinski definition) is 2. The van der Waals surface area contributed by atoms with Gasteiger partial charge in [-0.3, -0.25) is 4.79 Å². The minimum absolute atomic E-state index is 0.0659. The monoisotopic (exact) mass is 454 g/mol. The van der Waals surface area contributed by atoms with Crippen molar-refractivity contribution in [3.05, 3.63) is 89.5 Å². The largest absolute Gasteiger partial charge is 0.488 e. The van der Waals surface area contributed by atoms with Crippen molar-refractivity contribution in [3.63, 3.8) is 0 Å². The fourth-order valence-electron chi connectivity index (χ4n) is 3.86. The van der Waals surface area contributed by atoms with Gasteiger partial charge >= 0.3 is 6.18 Å². The van der Waals surface area contributed by atoms with Crippen molar-refractivity contribution >= 4 is 5.91 Å². The highest BCUT2D eigenvalue weighted by Gasteiger charge is 2.31. The summed E-state index contributed by atoms with van der Waals surface area (Å²) in [6, 6.07) is 19.9. The van der Waals surface area contributed by atoms with E-state index in [1.54, 1.807) is 18.2 Å². The summed E-state index contributed by atoms with van der Waals surface area (Å²) >= 11 is 0. The van der Waals surface area contributed by atoms with Crippen LogP contribution in [0.25, 0.3) is 11.1 Å². The first-order valence-corrected chi connectivity index (χ1v) is 10.9. The predicted molar refractivity (Wildman–Crippen MR) is 121 cm³/mol. The Morgan fingerprint density at radius 3 is 2.52 bits per heavy atom. The van der Waals surface area contributed by atoms with E-state index >= 15 is 0 Å². The average molecular weight is 454 g/mol. The van der Waals surface area contributed by atoms with Gasteiger partial charge in [0.15, 0.2) is 0 Å². The third-order valence-electron chi connectivity index (χ3n) is 5.63. The van der Waals surface area contributed by atoms with E-state index in [1.165, 1.54) is 6.07 Å². The maximum Gasteiger partial charge on any atom is 0.416 e. The molecule has 1 aliphatic rings. The number of hydrogen-bond acceptors (Lipinski definition) is 3. The Bertz CT molecular complexity index is 1090. The smallest absolute Gasteiger partial charge is 0.416 e. The lowest BCUT2D eigenvalue weighted by Crippen LogP contribution is -2.39. The molecule has 1 atom stereocenters. The second kappa shape index (κ2) is 10.1. The molecular weight excluding hydrogens is 429 g/mol. The summed E-state index contributed by atoms with van der Waals surface area (Å²) in [5, 5.41) is 6.05. The van der Waals surface area contributed by atoms with Gasteiger partial charge in [0.2, 0.25) is 5.91 Å². The van der Waals surface area contributed by atoms with Gasteiger partial charge < -0.3 is 15.4 Å². The fraction of sp³-hybridized carbons (Fsp3) is 0.269. The summed E-state index contributed by atoms with van der Waals surface area (Å²) in [6.07, 6.45) is -2.69. The van der Waals surface area contributed by atoms with Crippen molar-refractivity contribution in [2.24, 2.45) is 0 Å². The Morgan fingerprint density at radius 2 is 1.79 bits per heavy atom. The van der Waals surface area contributed by atoms with Crippen LogP contribution in [0.4, 0.5) is 13.2 Å². The van der Waals surface area contributed by atoms with E-state index in [9.17, 15) is 18.0 Å². The zero-order valence-electron chi connectivity index (χ0n) is 18.0. The van der Waals surface area contributed by atoms with Gasteiger partial charge in [-0.2, -0.15) is 13.2 Å². The van der Waals surface area contributed by atoms with Crippen LogP contribution in [0.5, 0.6) is 5.75 Å². The predicted octanol–water partition coefficient (Wildman–Crippen LogP) is 5.32. The highest BCUT2D eigenvalue weighted by molar-refractivity contribution is 5.82. The summed E-state index contributed by atoms with van der Waals surface area (Å²) in [4.78, 5) is 12.3. The van der Waals surface area contributed by atoms with Crippen molar-refractivity contribution < 1.29 is 22.7 Å². The lowest BCUT2D eigenvalue weighted by molar-refractivity contribution is -0.137. The Morgan fingerprint density at radius 1 is 1.00 bits per heavy atom. The molecule has 4 rings (SSSR count). The number of carbonyl (C=O) groups excluding carboxylic acids is 1. The standard InChI is InChI=1S/C26H25F3N2O2/c27-26(28,29)21-11-12-24(33-17-18-6-2-1-3-7-18)22(15-21)20-9-4-8-19(14-20)16-31-25(32)23-10-5-13-30-23/h1-4,6-9,11-12,14-15,23,30H,5,10,13,16-17H2,(H,31,32). The Hall–Kier alpha value is -3.32. The molecule has 1 unspecified atom stereocenters. The molecule has 2 N–H and O–H groups in total. The quantitative estimate of drug-likeness (QED) is 0.508. The second-order valence-electron chi connectivity index (χ2n) is 8.05. The second-order valence-corrected chi connectivity index (χ2v) is 8.05. The third-order valence-corrected chi connectivity index (χ3v) is 5.63. The van der Waals surface area contributed by atoms with Gasteiger partial charge in [-0.1, -0.05) is 48.5 Å². The molecule has 4 nitrogen and oxygen atoms in total. The minimum Gasteiger partial charge on any atom is -0.488 e. The highest BCUT2D eigenvalue weighted by atomic mass is 19.4. The van der Waals surface area contributed by atoms with Gasteiger partial charge in [0.05, 0.1) is 11.6 Å². The Balaban J connectivity index is 1.57. The molecule has 3 aromatic rings. The highest BCUT2D eigenvalue weighted by Crippen LogP contribution is 2.37. The van der Waals surface area contributed by atoms with Gasteiger partial charge in [0.25, 0.3) is 0 Å². The molecule has 1 aliphatic heterocycles. The molecule has 0 radical (unpaired) electrons. The first-order chi connectivity index (χ1) is 15.9. The van der Waals surface area contributed by atoms with E-state index in [2.05, 4.69) is 10.6 Å². The normalized spacial score (nSPS) is 15.9. The zero-order chi connectivity index (χ0) is 23.3. The van der Waals surface area contributed by atoms with Crippen LogP contribution in [0, 0.1) is 0 Å². The van der Waals surface area contributed by atoms with Gasteiger partial charge in [-0.15, -0.1) is 0 Å². The Labute approximate surface area is 190 Å². The molecule has 0 saturated carbocycles. The molecule has 0 bridgehead atoms. The molecule has 1 saturated heterocycles. The van der Waals surface area contributed by atoms with E-state index in [1.807, 2.05) is 36.4 Å². The van der Waals surface area contributed by atoms with Crippen LogP contribution in [0.1, 0.15) is 29.5 Å². The van der Waals surface area contributed by atoms with Crippen molar-refractivity contribution in [1.82, 2.24) is 10.6 Å². The lowest BCUT2D eigenvalue weighted by atomic mass is 9.99. The molecule has 33 heavy (non-hydrogen) atoms. The molecule has 1 fully saturated rings. The first kappa shape index (κ1) is 22.9. The minimum atomic E-state index is -4.47. The summed E-state index contributed by atoms with van der Waals surface area (Å²) in [5.74, 6) is 0.298. The third kappa shape index (κ3) is 5.93. The van der Waals surface area contributed by atoms with E-state index < -0.39 is 11.7 Å². The van der Waals surface area contributed by atoms with Crippen molar-refractivity contribution in [1.29, 1.82) is 0 Å². The number of halogens is 3. The first-order valence-electron chi connectivity index (χ1n) is 10.9. The fourth-order valence-corrected chi connectivity index (χ4v) is 3.86. The number of carbonyl (C=O) groups is 1. The zero-order valence-corrected chi connectivity index (χ0v) is 18.0. The number of alkyl halides is 3. The molecule has 0 aromatic heterocycles. The number of nitrogens with one attached hydrogen (secondary N) is 2. The lowest BCUT2D eigenvalue weighted by Gasteiger charge is -2.16. The van der Waals surface area contributed by atoms with Crippen LogP contribution >= 0.6 is 0 Å². The van der Waals surface area contributed by atoms with E-state index in [0.29, 0.717) is 23.4 Å². The molecule has 7 heteroatoms. The van der Waals surface area contributed by atoms with Crippen molar-refractivity contribution in [2.45, 2.75) is 38.2 Å². The molecule has 172 valence electrons. The van der Waals surface area contributed by atoms with E-state index in [4.69, 9.17) is 4.74 Å². The molecular formula is C26H25F3N2O2. The number of benzene rings is 3. The van der Waals surface area contributed by atoms with E-state index in [-0.39, 0.29) is 18.6 Å². The van der Waals surface area contributed by atoms with Crippen LogP contribution in [-0.2, 0) is 24.1 Å². The van der Waals surface area contributed by atoms with Gasteiger partial charge in [0, 0.05) is 12.1 Å². The molecule has 1 amide bonds. The van der Waals surface area contributed by atoms with Crippen LogP contribution < -0.4 is 15.4 Å². The van der Waals surface area contributed by atoms with E-state index in [0.717, 1.165) is 42.6 Å². The number of rotatable bonds is 7. The van der Waals surface area contributed by atoms with Crippen LogP contribution in [0.3, 0.4) is 0 Å². The molecule has 0 aliphatic carbocycles. The number of amides is 1. The molecule has 3 aromatic carbocycles. The van der Waals surface area contributed by atoms with Crippen molar-refractivity contribution in [3.8, 4) is 16.9 Å². The van der Waals surface area contributed by atoms with Crippen LogP contribution in [0.2, 0.25) is 0 Å². The molecule has 1 heterocycles. The maximum atomic E-state index is 13.4. The SMILES string of the molecule is O=C(NCc1cccc(-c2cc(C(F)(F)F)ccc2OCc2ccccc2)c1)C1CCCN1.